The Labute approximate surface area is 192 Å². The summed E-state index contributed by atoms with van der Waals surface area (Å²) in [5.41, 5.74) is 1.18. The number of unbranched alkanes of at least 4 members (excludes halogenated alkanes) is 2. The van der Waals surface area contributed by atoms with E-state index >= 15 is 0 Å². The van der Waals surface area contributed by atoms with Crippen LogP contribution >= 0.6 is 0 Å². The third-order valence-electron chi connectivity index (χ3n) is 5.57. The number of likely N-dealkylation sites (tertiary alicyclic amines) is 1. The maximum atomic E-state index is 13.0. The first kappa shape index (κ1) is 22.3. The van der Waals surface area contributed by atoms with Crippen LogP contribution in [-0.4, -0.2) is 33.3 Å². The van der Waals surface area contributed by atoms with E-state index in [1.165, 1.54) is 11.2 Å². The molecule has 3 heterocycles. The van der Waals surface area contributed by atoms with Crippen LogP contribution in [0.1, 0.15) is 49.1 Å². The van der Waals surface area contributed by atoms with Gasteiger partial charge in [-0.2, -0.15) is 0 Å². The molecular weight excluding hydrogens is 420 g/mol. The van der Waals surface area contributed by atoms with Crippen molar-refractivity contribution < 1.29 is 23.8 Å². The summed E-state index contributed by atoms with van der Waals surface area (Å²) in [6, 6.07) is 13.0. The van der Waals surface area contributed by atoms with Gasteiger partial charge in [-0.25, -0.2) is 0 Å². The number of furan rings is 1. The summed E-state index contributed by atoms with van der Waals surface area (Å²) in [6.45, 7) is 2.91. The van der Waals surface area contributed by atoms with Crippen molar-refractivity contribution in [2.24, 2.45) is 0 Å². The number of ether oxygens (including phenoxy) is 1. The Balaban J connectivity index is 1.65. The van der Waals surface area contributed by atoms with Crippen LogP contribution in [0.15, 0.2) is 77.2 Å². The fraction of sp³-hybridized carbons (Fsp3) is 0.269. The number of carbonyl (C=O) groups excluding carboxylic acids is 2. The molecule has 7 heteroatoms. The van der Waals surface area contributed by atoms with Crippen LogP contribution in [0.3, 0.4) is 0 Å². The van der Waals surface area contributed by atoms with Gasteiger partial charge in [-0.15, -0.1) is 0 Å². The summed E-state index contributed by atoms with van der Waals surface area (Å²) in [6.07, 6.45) is 7.94. The Hall–Kier alpha value is -3.87. The van der Waals surface area contributed by atoms with E-state index in [9.17, 15) is 14.7 Å². The average Bonchev–Trinajstić information content (AvgIpc) is 3.45. The average molecular weight is 447 g/mol. The smallest absolute Gasteiger partial charge is 0.296 e. The maximum absolute atomic E-state index is 13.0. The summed E-state index contributed by atoms with van der Waals surface area (Å²) in [5.74, 6) is -0.617. The Morgan fingerprint density at radius 2 is 1.94 bits per heavy atom. The molecule has 1 aromatic carbocycles. The highest BCUT2D eigenvalue weighted by atomic mass is 16.5. The quantitative estimate of drug-likeness (QED) is 0.218. The minimum absolute atomic E-state index is 0.00421. The second-order valence-corrected chi connectivity index (χ2v) is 7.88. The molecule has 2 aromatic heterocycles. The summed E-state index contributed by atoms with van der Waals surface area (Å²) < 4.78 is 11.3. The lowest BCUT2D eigenvalue weighted by molar-refractivity contribution is -0.140. The minimum Gasteiger partial charge on any atom is -0.507 e. The van der Waals surface area contributed by atoms with Gasteiger partial charge in [-0.3, -0.25) is 14.6 Å². The highest BCUT2D eigenvalue weighted by molar-refractivity contribution is 6.46. The van der Waals surface area contributed by atoms with E-state index in [4.69, 9.17) is 9.15 Å². The van der Waals surface area contributed by atoms with E-state index in [1.54, 1.807) is 54.9 Å². The number of ketones is 1. The fourth-order valence-corrected chi connectivity index (χ4v) is 3.88. The minimum atomic E-state index is -0.842. The van der Waals surface area contributed by atoms with E-state index in [0.717, 1.165) is 24.8 Å². The molecule has 1 fully saturated rings. The highest BCUT2D eigenvalue weighted by Gasteiger charge is 2.47. The number of benzene rings is 1. The molecule has 170 valence electrons. The van der Waals surface area contributed by atoms with Crippen LogP contribution in [0, 0.1) is 0 Å². The normalized spacial score (nSPS) is 17.5. The molecule has 3 aromatic rings. The molecule has 0 aliphatic carbocycles. The van der Waals surface area contributed by atoms with Crippen LogP contribution in [0.25, 0.3) is 5.76 Å². The van der Waals surface area contributed by atoms with E-state index in [-0.39, 0.29) is 17.9 Å². The molecule has 0 radical (unpaired) electrons. The first-order valence-corrected chi connectivity index (χ1v) is 11.0. The number of Topliss-reactive ketones (excluding diaryl/α,β-unsaturated/α-hetero) is 1. The van der Waals surface area contributed by atoms with E-state index in [1.807, 2.05) is 6.07 Å². The lowest BCUT2D eigenvalue weighted by atomic mass is 9.99. The van der Waals surface area contributed by atoms with Gasteiger partial charge in [0, 0.05) is 24.5 Å². The van der Waals surface area contributed by atoms with E-state index in [2.05, 4.69) is 11.9 Å². The first-order chi connectivity index (χ1) is 16.1. The third kappa shape index (κ3) is 4.82. The SMILES string of the molecule is CCCCCOc1ccc(/C(O)=C2/C(=O)C(=O)N(Cc3cccnc3)C2c2ccco2)cc1. The molecule has 1 aliphatic heterocycles. The number of nitrogens with zero attached hydrogens (tertiary/aromatic N) is 2. The molecule has 4 rings (SSSR count). The van der Waals surface area contributed by atoms with Crippen molar-refractivity contribution in [2.75, 3.05) is 6.61 Å². The molecule has 33 heavy (non-hydrogen) atoms. The van der Waals surface area contributed by atoms with E-state index in [0.29, 0.717) is 23.7 Å². The predicted octanol–water partition coefficient (Wildman–Crippen LogP) is 4.87. The molecule has 1 unspecified atom stereocenters. The topological polar surface area (TPSA) is 92.9 Å². The van der Waals surface area contributed by atoms with E-state index < -0.39 is 17.7 Å². The summed E-state index contributed by atoms with van der Waals surface area (Å²) in [5, 5.41) is 11.1. The van der Waals surface area contributed by atoms with Crippen LogP contribution < -0.4 is 4.74 Å². The number of amides is 1. The summed E-state index contributed by atoms with van der Waals surface area (Å²) in [7, 11) is 0. The van der Waals surface area contributed by atoms with Gasteiger partial charge in [0.25, 0.3) is 11.7 Å². The van der Waals surface area contributed by atoms with Gasteiger partial charge < -0.3 is 19.2 Å². The fourth-order valence-electron chi connectivity index (χ4n) is 3.88. The Bertz CT molecular complexity index is 1120. The third-order valence-corrected chi connectivity index (χ3v) is 5.57. The van der Waals surface area contributed by atoms with Gasteiger partial charge in [0.1, 0.15) is 23.3 Å². The Kier molecular flexibility index (Phi) is 6.88. The molecule has 1 N–H and O–H groups in total. The number of hydrogen-bond acceptors (Lipinski definition) is 6. The van der Waals surface area contributed by atoms with Crippen LogP contribution in [-0.2, 0) is 16.1 Å². The van der Waals surface area contributed by atoms with Gasteiger partial charge in [-0.05, 0) is 54.4 Å². The van der Waals surface area contributed by atoms with Crippen molar-refractivity contribution in [1.82, 2.24) is 9.88 Å². The molecule has 1 saturated heterocycles. The molecule has 1 atom stereocenters. The Morgan fingerprint density at radius 1 is 1.12 bits per heavy atom. The van der Waals surface area contributed by atoms with Gasteiger partial charge in [-0.1, -0.05) is 25.8 Å². The van der Waals surface area contributed by atoms with Crippen molar-refractivity contribution >= 4 is 17.4 Å². The lowest BCUT2D eigenvalue weighted by Crippen LogP contribution is -2.29. The number of aliphatic hydroxyl groups excluding tert-OH is 1. The number of rotatable bonds is 9. The van der Waals surface area contributed by atoms with Crippen molar-refractivity contribution in [3.8, 4) is 5.75 Å². The van der Waals surface area contributed by atoms with Crippen LogP contribution in [0.5, 0.6) is 5.75 Å². The van der Waals surface area contributed by atoms with Crippen LogP contribution in [0.2, 0.25) is 0 Å². The van der Waals surface area contributed by atoms with Crippen molar-refractivity contribution in [3.63, 3.8) is 0 Å². The number of aromatic nitrogens is 1. The molecular formula is C26H26N2O5. The predicted molar refractivity (Wildman–Crippen MR) is 122 cm³/mol. The largest absolute Gasteiger partial charge is 0.507 e. The lowest BCUT2D eigenvalue weighted by Gasteiger charge is -2.23. The zero-order chi connectivity index (χ0) is 23.2. The molecule has 1 aliphatic rings. The zero-order valence-electron chi connectivity index (χ0n) is 18.4. The standard InChI is InChI=1S/C26H26N2O5/c1-2-3-4-14-32-20-11-9-19(10-12-20)24(29)22-23(21-8-6-15-33-21)28(26(31)25(22)30)17-18-7-5-13-27-16-18/h5-13,15-16,23,29H,2-4,14,17H2,1H3/b24-22-. The zero-order valence-corrected chi connectivity index (χ0v) is 18.4. The second-order valence-electron chi connectivity index (χ2n) is 7.88. The number of hydrogen-bond donors (Lipinski definition) is 1. The number of carbonyl (C=O) groups is 2. The maximum Gasteiger partial charge on any atom is 0.296 e. The van der Waals surface area contributed by atoms with Gasteiger partial charge in [0.15, 0.2) is 0 Å². The van der Waals surface area contributed by atoms with Gasteiger partial charge >= 0.3 is 0 Å². The second kappa shape index (κ2) is 10.2. The highest BCUT2D eigenvalue weighted by Crippen LogP contribution is 2.40. The monoisotopic (exact) mass is 446 g/mol. The summed E-state index contributed by atoms with van der Waals surface area (Å²) in [4.78, 5) is 31.4. The molecule has 0 spiro atoms. The first-order valence-electron chi connectivity index (χ1n) is 11.0. The number of pyridine rings is 1. The van der Waals surface area contributed by atoms with Crippen molar-refractivity contribution in [3.05, 3.63) is 89.6 Å². The van der Waals surface area contributed by atoms with Gasteiger partial charge in [0.05, 0.1) is 18.4 Å². The molecule has 0 bridgehead atoms. The molecule has 7 nitrogen and oxygen atoms in total. The van der Waals surface area contributed by atoms with Crippen LogP contribution in [0.4, 0.5) is 0 Å². The van der Waals surface area contributed by atoms with Crippen molar-refractivity contribution in [1.29, 1.82) is 0 Å². The Morgan fingerprint density at radius 3 is 2.61 bits per heavy atom. The number of aliphatic hydroxyl groups is 1. The molecule has 0 saturated carbocycles. The van der Waals surface area contributed by atoms with Gasteiger partial charge in [0.2, 0.25) is 0 Å². The van der Waals surface area contributed by atoms with Crippen molar-refractivity contribution in [2.45, 2.75) is 38.8 Å². The summed E-state index contributed by atoms with van der Waals surface area (Å²) >= 11 is 0. The molecule has 1 amide bonds.